The van der Waals surface area contributed by atoms with Crippen molar-refractivity contribution in [2.24, 2.45) is 12.5 Å². The van der Waals surface area contributed by atoms with E-state index in [4.69, 9.17) is 14.2 Å². The Morgan fingerprint density at radius 2 is 1.53 bits per heavy atom. The molecule has 178 valence electrons. The highest BCUT2D eigenvalue weighted by Crippen LogP contribution is 2.45. The van der Waals surface area contributed by atoms with Crippen LogP contribution in [0.1, 0.15) is 31.9 Å². The van der Waals surface area contributed by atoms with E-state index in [2.05, 4.69) is 81.9 Å². The number of hydrogen-bond donors (Lipinski definition) is 1. The Morgan fingerprint density at radius 1 is 0.778 bits per heavy atom. The van der Waals surface area contributed by atoms with Crippen molar-refractivity contribution in [3.05, 3.63) is 77.3 Å². The van der Waals surface area contributed by atoms with Crippen LogP contribution in [-0.2, 0) is 13.5 Å². The lowest BCUT2D eigenvalue weighted by molar-refractivity contribution is 0.411. The number of pyridine rings is 1. The number of fused-ring (bicyclic) bond motifs is 7. The largest absolute Gasteiger partial charge is 0.456 e. The summed E-state index contributed by atoms with van der Waals surface area (Å²) < 4.78 is 15.5. The highest BCUT2D eigenvalue weighted by atomic mass is 16.3. The lowest BCUT2D eigenvalue weighted by atomic mass is 9.83. The van der Waals surface area contributed by atoms with Gasteiger partial charge in [0.1, 0.15) is 22.3 Å². The molecule has 0 aliphatic rings. The Hall–Kier alpha value is -4.05. The minimum Gasteiger partial charge on any atom is -0.456 e. The first-order valence-electron chi connectivity index (χ1n) is 12.5. The summed E-state index contributed by atoms with van der Waals surface area (Å²) in [7, 11) is 2.11. The van der Waals surface area contributed by atoms with Crippen LogP contribution in [0.4, 0.5) is 0 Å². The highest BCUT2D eigenvalue weighted by Gasteiger charge is 2.24. The van der Waals surface area contributed by atoms with E-state index in [0.29, 0.717) is 5.36 Å². The fraction of sp³-hybridized carbons (Fsp3) is 0.219. The molecular weight excluding hydrogens is 444 g/mol. The fourth-order valence-corrected chi connectivity index (χ4v) is 6.00. The number of furan rings is 1. The number of rotatable bonds is 1. The molecule has 0 unspecified atom stereocenters. The molecule has 0 amide bonds. The number of nitrogens with one attached hydrogen (secondary N) is 1. The molecule has 0 aliphatic carbocycles. The van der Waals surface area contributed by atoms with E-state index in [1.807, 2.05) is 12.1 Å². The van der Waals surface area contributed by atoms with E-state index < -0.39 is 0 Å². The lowest BCUT2D eigenvalue weighted by Crippen LogP contribution is -2.10. The second-order valence-electron chi connectivity index (χ2n) is 11.3. The Labute approximate surface area is 208 Å². The van der Waals surface area contributed by atoms with Crippen molar-refractivity contribution in [2.75, 3.05) is 0 Å². The minimum atomic E-state index is 0.0995. The van der Waals surface area contributed by atoms with Gasteiger partial charge in [0.05, 0.1) is 16.3 Å². The zero-order valence-electron chi connectivity index (χ0n) is 21.2. The van der Waals surface area contributed by atoms with Crippen molar-refractivity contribution in [1.29, 1.82) is 5.41 Å². The van der Waals surface area contributed by atoms with Crippen molar-refractivity contribution in [2.45, 2.75) is 34.1 Å². The van der Waals surface area contributed by atoms with Crippen molar-refractivity contribution in [3.8, 4) is 0 Å². The lowest BCUT2D eigenvalue weighted by Gasteiger charge is -2.23. The second kappa shape index (κ2) is 7.01. The molecule has 3 heterocycles. The highest BCUT2D eigenvalue weighted by molar-refractivity contribution is 6.27. The van der Waals surface area contributed by atoms with Crippen LogP contribution < -0.4 is 5.36 Å². The van der Waals surface area contributed by atoms with Gasteiger partial charge in [-0.15, -0.1) is 0 Å². The van der Waals surface area contributed by atoms with Crippen LogP contribution in [0, 0.1) is 17.7 Å². The van der Waals surface area contributed by atoms with Gasteiger partial charge in [-0.05, 0) is 59.4 Å². The number of aromatic nitrogens is 1. The summed E-state index contributed by atoms with van der Waals surface area (Å²) in [5.41, 5.74) is 7.16. The third-order valence-corrected chi connectivity index (χ3v) is 7.51. The predicted molar refractivity (Wildman–Crippen MR) is 149 cm³/mol. The third kappa shape index (κ3) is 2.84. The van der Waals surface area contributed by atoms with Crippen LogP contribution >= 0.6 is 0 Å². The van der Waals surface area contributed by atoms with E-state index in [9.17, 15) is 0 Å². The monoisotopic (exact) mass is 472 g/mol. The average Bonchev–Trinajstić information content (AvgIpc) is 3.19. The van der Waals surface area contributed by atoms with Gasteiger partial charge in [0.25, 0.3) is 0 Å². The summed E-state index contributed by atoms with van der Waals surface area (Å²) in [6.07, 6.45) is 3.03. The van der Waals surface area contributed by atoms with Crippen LogP contribution in [0.25, 0.3) is 65.6 Å². The van der Waals surface area contributed by atoms with Gasteiger partial charge in [0, 0.05) is 46.4 Å². The summed E-state index contributed by atoms with van der Waals surface area (Å²) in [6.45, 7) is 9.07. The molecule has 0 bridgehead atoms. The molecule has 0 spiro atoms. The molecule has 7 rings (SSSR count). The smallest absolute Gasteiger partial charge is 0.143 e. The van der Waals surface area contributed by atoms with Crippen molar-refractivity contribution in [1.82, 2.24) is 4.57 Å². The van der Waals surface area contributed by atoms with Gasteiger partial charge in [-0.2, -0.15) is 0 Å². The molecule has 0 atom stereocenters. The first kappa shape index (κ1) is 21.3. The summed E-state index contributed by atoms with van der Waals surface area (Å²) in [4.78, 5) is 0. The van der Waals surface area contributed by atoms with E-state index in [0.717, 1.165) is 61.2 Å². The maximum Gasteiger partial charge on any atom is 0.143 e. The molecule has 4 aromatic carbocycles. The molecule has 0 fully saturated rings. The normalized spacial score (nSPS) is 12.8. The molecule has 4 nitrogen and oxygen atoms in total. The maximum absolute atomic E-state index is 8.05. The molecule has 0 radical (unpaired) electrons. The predicted octanol–water partition coefficient (Wildman–Crippen LogP) is 8.51. The zero-order chi connectivity index (χ0) is 24.9. The topological polar surface area (TPSA) is 55.1 Å². The Balaban J connectivity index is 1.78. The van der Waals surface area contributed by atoms with E-state index >= 15 is 0 Å². The van der Waals surface area contributed by atoms with Gasteiger partial charge < -0.3 is 18.8 Å². The van der Waals surface area contributed by atoms with Gasteiger partial charge in [-0.3, -0.25) is 0 Å². The summed E-state index contributed by atoms with van der Waals surface area (Å²) in [5.74, 6) is 0. The first-order chi connectivity index (χ1) is 17.2. The molecule has 7 aromatic rings. The van der Waals surface area contributed by atoms with Crippen molar-refractivity contribution >= 4 is 65.6 Å². The van der Waals surface area contributed by atoms with Gasteiger partial charge in [0.2, 0.25) is 0 Å². The molecule has 0 aliphatic heterocycles. The van der Waals surface area contributed by atoms with Crippen LogP contribution in [0.3, 0.4) is 0 Å². The summed E-state index contributed by atoms with van der Waals surface area (Å²) >= 11 is 0. The molecule has 4 heteroatoms. The number of hydrogen-bond acceptors (Lipinski definition) is 3. The molecule has 1 N–H and O–H groups in total. The molecule has 0 saturated carbocycles. The molecule has 36 heavy (non-hydrogen) atoms. The Kier molecular flexibility index (Phi) is 4.14. The quantitative estimate of drug-likeness (QED) is 0.192. The van der Waals surface area contributed by atoms with Crippen molar-refractivity contribution in [3.63, 3.8) is 0 Å². The van der Waals surface area contributed by atoms with Crippen LogP contribution in [0.15, 0.2) is 69.6 Å². The number of benzene rings is 4. The second-order valence-corrected chi connectivity index (χ2v) is 11.3. The SMILES string of the molecule is Cc1c2ccccc2c(CC(C)(C)C)c2oc3cc4c5ccc(=N)cc5oc4c4ccn(C)c(c12)c34. The van der Waals surface area contributed by atoms with Gasteiger partial charge >= 0.3 is 0 Å². The third-order valence-electron chi connectivity index (χ3n) is 7.51. The summed E-state index contributed by atoms with van der Waals surface area (Å²) in [6, 6.07) is 18.5. The molecular formula is C32H28N2O2. The van der Waals surface area contributed by atoms with E-state index in [1.54, 1.807) is 6.07 Å². The van der Waals surface area contributed by atoms with Crippen LogP contribution in [0.5, 0.6) is 0 Å². The fourth-order valence-electron chi connectivity index (χ4n) is 6.00. The summed E-state index contributed by atoms with van der Waals surface area (Å²) in [5, 5.41) is 16.3. The van der Waals surface area contributed by atoms with E-state index in [1.165, 1.54) is 21.9 Å². The number of nitrogens with zero attached hydrogens (tertiary/aromatic N) is 1. The van der Waals surface area contributed by atoms with Gasteiger partial charge in [-0.1, -0.05) is 45.0 Å². The average molecular weight is 473 g/mol. The van der Waals surface area contributed by atoms with Crippen LogP contribution in [0.2, 0.25) is 0 Å². The van der Waals surface area contributed by atoms with Gasteiger partial charge in [-0.25, -0.2) is 0 Å². The zero-order valence-corrected chi connectivity index (χ0v) is 21.2. The first-order valence-corrected chi connectivity index (χ1v) is 12.5. The molecule has 3 aromatic heterocycles. The number of aryl methyl sites for hydroxylation is 2. The Morgan fingerprint density at radius 3 is 2.31 bits per heavy atom. The molecule has 0 saturated heterocycles. The van der Waals surface area contributed by atoms with E-state index in [-0.39, 0.29) is 5.41 Å². The van der Waals surface area contributed by atoms with Gasteiger partial charge in [0.15, 0.2) is 0 Å². The minimum absolute atomic E-state index is 0.0995. The van der Waals surface area contributed by atoms with Crippen molar-refractivity contribution < 1.29 is 8.83 Å². The maximum atomic E-state index is 8.05. The Bertz CT molecular complexity index is 2100. The van der Waals surface area contributed by atoms with Crippen LogP contribution in [-0.4, -0.2) is 4.57 Å². The standard InChI is InChI=1S/C32H28N2O2/c1-17-19-8-6-7-9-20(19)24(16-32(2,3)4)31-27(17)29-28-22(12-13-34(29)5)30-23(15-26(28)36-31)21-11-10-18(33)14-25(21)35-30/h6-15,33H,16H2,1-5H3.